The third-order valence-electron chi connectivity index (χ3n) is 3.30. The summed E-state index contributed by atoms with van der Waals surface area (Å²) in [5.74, 6) is 0.749. The lowest BCUT2D eigenvalue weighted by Crippen LogP contribution is -2.01. The first kappa shape index (κ1) is 15.3. The van der Waals surface area contributed by atoms with Crippen LogP contribution in [0.3, 0.4) is 0 Å². The van der Waals surface area contributed by atoms with Crippen molar-refractivity contribution in [3.63, 3.8) is 0 Å². The van der Waals surface area contributed by atoms with Crippen molar-refractivity contribution >= 4 is 0 Å². The van der Waals surface area contributed by atoms with E-state index in [1.165, 1.54) is 13.2 Å². The summed E-state index contributed by atoms with van der Waals surface area (Å²) in [5, 5.41) is 9.84. The van der Waals surface area contributed by atoms with Crippen molar-refractivity contribution in [1.82, 2.24) is 0 Å². The zero-order chi connectivity index (χ0) is 15.2. The third kappa shape index (κ3) is 3.73. The summed E-state index contributed by atoms with van der Waals surface area (Å²) in [6, 6.07) is 11.7. The molecule has 1 unspecified atom stereocenters. The van der Waals surface area contributed by atoms with Gasteiger partial charge in [-0.1, -0.05) is 31.2 Å². The van der Waals surface area contributed by atoms with Crippen molar-refractivity contribution in [3.05, 3.63) is 59.4 Å². The van der Waals surface area contributed by atoms with E-state index in [9.17, 15) is 9.50 Å². The molecule has 0 spiro atoms. The quantitative estimate of drug-likeness (QED) is 0.878. The van der Waals surface area contributed by atoms with Gasteiger partial charge in [0.25, 0.3) is 0 Å². The first-order chi connectivity index (χ1) is 10.2. The van der Waals surface area contributed by atoms with Gasteiger partial charge in [0.1, 0.15) is 12.4 Å². The second-order valence-corrected chi connectivity index (χ2v) is 4.71. The van der Waals surface area contributed by atoms with Crippen LogP contribution in [0.5, 0.6) is 11.5 Å². The Morgan fingerprint density at radius 3 is 2.57 bits per heavy atom. The van der Waals surface area contributed by atoms with E-state index in [1.807, 2.05) is 6.92 Å². The lowest BCUT2D eigenvalue weighted by Gasteiger charge is -2.14. The molecule has 3 nitrogen and oxygen atoms in total. The van der Waals surface area contributed by atoms with E-state index >= 15 is 0 Å². The van der Waals surface area contributed by atoms with E-state index in [2.05, 4.69) is 0 Å². The Balaban J connectivity index is 2.15. The molecule has 2 aromatic rings. The number of aliphatic hydroxyl groups excluding tert-OH is 1. The monoisotopic (exact) mass is 290 g/mol. The molecule has 0 amide bonds. The Bertz CT molecular complexity index is 598. The summed E-state index contributed by atoms with van der Waals surface area (Å²) >= 11 is 0. The van der Waals surface area contributed by atoms with Gasteiger partial charge in [0.15, 0.2) is 11.5 Å². The fraction of sp³-hybridized carbons (Fsp3) is 0.294. The van der Waals surface area contributed by atoms with Crippen molar-refractivity contribution in [1.29, 1.82) is 0 Å². The molecule has 0 bridgehead atoms. The predicted molar refractivity (Wildman–Crippen MR) is 79.0 cm³/mol. The minimum atomic E-state index is -0.528. The van der Waals surface area contributed by atoms with Gasteiger partial charge >= 0.3 is 0 Å². The topological polar surface area (TPSA) is 38.7 Å². The van der Waals surface area contributed by atoms with Crippen LogP contribution in [0, 0.1) is 5.82 Å². The summed E-state index contributed by atoms with van der Waals surface area (Å²) < 4.78 is 24.4. The Morgan fingerprint density at radius 2 is 1.90 bits per heavy atom. The highest BCUT2D eigenvalue weighted by Gasteiger charge is 2.11. The molecule has 1 N–H and O–H groups in total. The van der Waals surface area contributed by atoms with Crippen molar-refractivity contribution in [2.45, 2.75) is 26.1 Å². The van der Waals surface area contributed by atoms with Crippen LogP contribution in [0.2, 0.25) is 0 Å². The fourth-order valence-corrected chi connectivity index (χ4v) is 2.02. The minimum absolute atomic E-state index is 0.124. The number of methoxy groups -OCH3 is 1. The molecule has 0 aliphatic rings. The number of benzene rings is 2. The lowest BCUT2D eigenvalue weighted by atomic mass is 10.1. The zero-order valence-electron chi connectivity index (χ0n) is 12.2. The maximum atomic E-state index is 13.5. The van der Waals surface area contributed by atoms with Crippen molar-refractivity contribution in [2.24, 2.45) is 0 Å². The Labute approximate surface area is 124 Å². The van der Waals surface area contributed by atoms with Gasteiger partial charge in [-0.2, -0.15) is 0 Å². The highest BCUT2D eigenvalue weighted by atomic mass is 19.1. The van der Waals surface area contributed by atoms with Gasteiger partial charge in [-0.3, -0.25) is 0 Å². The van der Waals surface area contributed by atoms with Crippen LogP contribution in [0.1, 0.15) is 30.6 Å². The maximum absolute atomic E-state index is 13.5. The molecule has 0 aliphatic heterocycles. The van der Waals surface area contributed by atoms with E-state index in [0.717, 1.165) is 5.56 Å². The van der Waals surface area contributed by atoms with Gasteiger partial charge in [0.2, 0.25) is 0 Å². The first-order valence-electron chi connectivity index (χ1n) is 6.88. The van der Waals surface area contributed by atoms with Gasteiger partial charge in [0.05, 0.1) is 13.2 Å². The van der Waals surface area contributed by atoms with Crippen LogP contribution in [0.15, 0.2) is 42.5 Å². The molecular weight excluding hydrogens is 271 g/mol. The smallest absolute Gasteiger partial charge is 0.161 e. The number of hydrogen-bond donors (Lipinski definition) is 1. The Morgan fingerprint density at radius 1 is 1.14 bits per heavy atom. The molecule has 112 valence electrons. The summed E-state index contributed by atoms with van der Waals surface area (Å²) in [6.45, 7) is 2.03. The first-order valence-corrected chi connectivity index (χ1v) is 6.88. The van der Waals surface area contributed by atoms with E-state index < -0.39 is 6.10 Å². The highest BCUT2D eigenvalue weighted by molar-refractivity contribution is 5.43. The maximum Gasteiger partial charge on any atom is 0.161 e. The number of hydrogen-bond acceptors (Lipinski definition) is 3. The molecule has 0 aliphatic carbocycles. The molecule has 0 heterocycles. The molecule has 21 heavy (non-hydrogen) atoms. The average Bonchev–Trinajstić information content (AvgIpc) is 2.53. The molecule has 0 radical (unpaired) electrons. The van der Waals surface area contributed by atoms with Crippen LogP contribution in [-0.2, 0) is 6.61 Å². The highest BCUT2D eigenvalue weighted by Crippen LogP contribution is 2.31. The third-order valence-corrected chi connectivity index (χ3v) is 3.30. The van der Waals surface area contributed by atoms with E-state index in [0.29, 0.717) is 23.5 Å². The normalized spacial score (nSPS) is 12.0. The SMILES string of the molecule is CCC(O)c1ccc(OCc2ccccc2F)c(OC)c1. The molecule has 1 atom stereocenters. The van der Waals surface area contributed by atoms with Gasteiger partial charge in [-0.05, 0) is 30.2 Å². The molecule has 2 rings (SSSR count). The van der Waals surface area contributed by atoms with Crippen LogP contribution in [-0.4, -0.2) is 12.2 Å². The summed E-state index contributed by atoms with van der Waals surface area (Å²) in [5.41, 5.74) is 1.25. The second kappa shape index (κ2) is 7.09. The zero-order valence-corrected chi connectivity index (χ0v) is 12.2. The molecule has 0 fully saturated rings. The minimum Gasteiger partial charge on any atom is -0.493 e. The summed E-state index contributed by atoms with van der Waals surface area (Å²) in [6.07, 6.45) is 0.0954. The van der Waals surface area contributed by atoms with Crippen molar-refractivity contribution in [3.8, 4) is 11.5 Å². The number of rotatable bonds is 6. The average molecular weight is 290 g/mol. The molecule has 0 saturated carbocycles. The van der Waals surface area contributed by atoms with E-state index in [1.54, 1.807) is 36.4 Å². The van der Waals surface area contributed by atoms with Gasteiger partial charge in [0, 0.05) is 5.56 Å². The molecular formula is C17H19FO3. The van der Waals surface area contributed by atoms with E-state index in [-0.39, 0.29) is 12.4 Å². The molecule has 0 aromatic heterocycles. The van der Waals surface area contributed by atoms with Gasteiger partial charge in [-0.15, -0.1) is 0 Å². The van der Waals surface area contributed by atoms with Gasteiger partial charge in [-0.25, -0.2) is 4.39 Å². The Hall–Kier alpha value is -2.07. The summed E-state index contributed by atoms with van der Waals surface area (Å²) in [4.78, 5) is 0. The Kier molecular flexibility index (Phi) is 5.17. The lowest BCUT2D eigenvalue weighted by molar-refractivity contribution is 0.173. The van der Waals surface area contributed by atoms with E-state index in [4.69, 9.17) is 9.47 Å². The number of ether oxygens (including phenoxy) is 2. The van der Waals surface area contributed by atoms with Crippen LogP contribution >= 0.6 is 0 Å². The number of aliphatic hydroxyl groups is 1. The van der Waals surface area contributed by atoms with Crippen LogP contribution in [0.25, 0.3) is 0 Å². The summed E-state index contributed by atoms with van der Waals surface area (Å²) in [7, 11) is 1.54. The molecule has 4 heteroatoms. The van der Waals surface area contributed by atoms with Crippen molar-refractivity contribution in [2.75, 3.05) is 7.11 Å². The van der Waals surface area contributed by atoms with Crippen LogP contribution in [0.4, 0.5) is 4.39 Å². The standard InChI is InChI=1S/C17H19FO3/c1-3-15(19)12-8-9-16(17(10-12)20-2)21-11-13-6-4-5-7-14(13)18/h4-10,15,19H,3,11H2,1-2H3. The largest absolute Gasteiger partial charge is 0.493 e. The van der Waals surface area contributed by atoms with Gasteiger partial charge < -0.3 is 14.6 Å². The van der Waals surface area contributed by atoms with Crippen LogP contribution < -0.4 is 9.47 Å². The molecule has 0 saturated heterocycles. The second-order valence-electron chi connectivity index (χ2n) is 4.71. The predicted octanol–water partition coefficient (Wildman–Crippen LogP) is 3.86. The number of halogens is 1. The van der Waals surface area contributed by atoms with Crippen molar-refractivity contribution < 1.29 is 19.0 Å². The fourth-order valence-electron chi connectivity index (χ4n) is 2.02. The molecule has 2 aromatic carbocycles.